The van der Waals surface area contributed by atoms with E-state index in [1.54, 1.807) is 7.11 Å². The van der Waals surface area contributed by atoms with Crippen LogP contribution in [0.15, 0.2) is 18.2 Å². The van der Waals surface area contributed by atoms with E-state index in [0.29, 0.717) is 6.61 Å². The fourth-order valence-electron chi connectivity index (χ4n) is 3.28. The van der Waals surface area contributed by atoms with Crippen molar-refractivity contribution in [1.82, 2.24) is 4.90 Å². The molecule has 1 saturated heterocycles. The molecule has 4 nitrogen and oxygen atoms in total. The number of piperidine rings is 1. The zero-order valence-electron chi connectivity index (χ0n) is 13.7. The number of nitrogens with zero attached hydrogens (tertiary/aromatic N) is 1. The monoisotopic (exact) mass is 337 g/mol. The van der Waals surface area contributed by atoms with E-state index < -0.39 is 0 Å². The minimum Gasteiger partial charge on any atom is -0.497 e. The van der Waals surface area contributed by atoms with E-state index in [4.69, 9.17) is 9.47 Å². The Morgan fingerprint density at radius 3 is 2.96 bits per heavy atom. The minimum atomic E-state index is -0.0446. The molecule has 1 heterocycles. The van der Waals surface area contributed by atoms with Crippen LogP contribution in [0.25, 0.3) is 11.6 Å². The normalized spacial score (nSPS) is 19.7. The van der Waals surface area contributed by atoms with Crippen molar-refractivity contribution in [3.8, 4) is 5.75 Å². The van der Waals surface area contributed by atoms with E-state index in [9.17, 15) is 4.79 Å². The van der Waals surface area contributed by atoms with Gasteiger partial charge in [0, 0.05) is 13.1 Å². The highest BCUT2D eigenvalue weighted by molar-refractivity contribution is 5.96. The molecule has 1 aliphatic heterocycles. The van der Waals surface area contributed by atoms with Crippen molar-refractivity contribution in [2.24, 2.45) is 5.92 Å². The van der Waals surface area contributed by atoms with Crippen molar-refractivity contribution in [2.45, 2.75) is 19.8 Å². The van der Waals surface area contributed by atoms with Crippen molar-refractivity contribution in [3.63, 3.8) is 0 Å². The first-order chi connectivity index (χ1) is 10.7. The zero-order valence-corrected chi connectivity index (χ0v) is 14.5. The van der Waals surface area contributed by atoms with E-state index >= 15 is 0 Å². The predicted molar refractivity (Wildman–Crippen MR) is 93.9 cm³/mol. The second kappa shape index (κ2) is 7.84. The van der Waals surface area contributed by atoms with Gasteiger partial charge >= 0.3 is 5.97 Å². The highest BCUT2D eigenvalue weighted by Crippen LogP contribution is 2.36. The standard InChI is InChI=1S/C18H23NO3.ClH/c1-3-22-18(20)14-5-4-8-19(11-14)12-15-9-13-6-7-16(21-2)10-17(13)15;/h6-7,9-10,14H,3-5,8,11-12H2,1-2H3;1H. The Kier molecular flexibility index (Phi) is 6.08. The average Bonchev–Trinajstić information content (AvgIpc) is 2.53. The van der Waals surface area contributed by atoms with Gasteiger partial charge in [0.05, 0.1) is 19.6 Å². The molecule has 3 rings (SSSR count). The van der Waals surface area contributed by atoms with Crippen LogP contribution in [0.2, 0.25) is 0 Å². The number of likely N-dealkylation sites (tertiary alicyclic amines) is 1. The van der Waals surface area contributed by atoms with E-state index in [1.807, 2.05) is 13.0 Å². The second-order valence-electron chi connectivity index (χ2n) is 5.95. The molecule has 0 spiro atoms. The molecule has 1 fully saturated rings. The summed E-state index contributed by atoms with van der Waals surface area (Å²) in [6.07, 6.45) is 4.23. The largest absolute Gasteiger partial charge is 0.497 e. The molecule has 2 aliphatic rings. The number of hydrogen-bond donors (Lipinski definition) is 0. The summed E-state index contributed by atoms with van der Waals surface area (Å²) in [7, 11) is 1.69. The van der Waals surface area contributed by atoms with Crippen LogP contribution < -0.4 is 4.74 Å². The van der Waals surface area contributed by atoms with Gasteiger partial charge in [0.25, 0.3) is 0 Å². The van der Waals surface area contributed by atoms with Gasteiger partial charge in [-0.3, -0.25) is 9.69 Å². The number of fused-ring (bicyclic) bond motifs is 1. The van der Waals surface area contributed by atoms with Gasteiger partial charge in [-0.1, -0.05) is 6.07 Å². The molecular weight excluding hydrogens is 314 g/mol. The number of methoxy groups -OCH3 is 1. The Bertz CT molecular complexity index is 600. The zero-order chi connectivity index (χ0) is 15.5. The second-order valence-corrected chi connectivity index (χ2v) is 5.95. The Morgan fingerprint density at radius 2 is 2.22 bits per heavy atom. The molecule has 0 bridgehead atoms. The lowest BCUT2D eigenvalue weighted by atomic mass is 9.87. The predicted octanol–water partition coefficient (Wildman–Crippen LogP) is 3.25. The maximum Gasteiger partial charge on any atom is 0.310 e. The van der Waals surface area contributed by atoms with Crippen molar-refractivity contribution in [1.29, 1.82) is 0 Å². The molecule has 0 aromatic heterocycles. The van der Waals surface area contributed by atoms with Crippen LogP contribution in [0.3, 0.4) is 0 Å². The lowest BCUT2D eigenvalue weighted by Crippen LogP contribution is -2.40. The summed E-state index contributed by atoms with van der Waals surface area (Å²) in [4.78, 5) is 14.3. The summed E-state index contributed by atoms with van der Waals surface area (Å²) in [6, 6.07) is 6.18. The van der Waals surface area contributed by atoms with Crippen molar-refractivity contribution < 1.29 is 14.3 Å². The summed E-state index contributed by atoms with van der Waals surface area (Å²) in [6.45, 7) is 5.08. The van der Waals surface area contributed by atoms with Crippen LogP contribution in [0.1, 0.15) is 30.9 Å². The smallest absolute Gasteiger partial charge is 0.310 e. The number of ether oxygens (including phenoxy) is 2. The Labute approximate surface area is 143 Å². The maximum absolute atomic E-state index is 11.9. The Balaban J connectivity index is 0.00000192. The van der Waals surface area contributed by atoms with E-state index in [1.165, 1.54) is 16.7 Å². The Hall–Kier alpha value is -1.52. The first kappa shape index (κ1) is 17.8. The summed E-state index contributed by atoms with van der Waals surface area (Å²) in [5.74, 6) is 0.878. The molecule has 0 N–H and O–H groups in total. The van der Waals surface area contributed by atoms with Gasteiger partial charge in [0.15, 0.2) is 0 Å². The van der Waals surface area contributed by atoms with Gasteiger partial charge in [0.1, 0.15) is 5.75 Å². The number of benzene rings is 1. The SMILES string of the molecule is CCOC(=O)C1CCCN(CC2=Cc3ccc(OC)cc32)C1.Cl. The van der Waals surface area contributed by atoms with Crippen molar-refractivity contribution in [3.05, 3.63) is 29.3 Å². The van der Waals surface area contributed by atoms with E-state index in [-0.39, 0.29) is 24.3 Å². The molecular formula is C18H24ClNO3. The van der Waals surface area contributed by atoms with Crippen LogP contribution in [-0.4, -0.2) is 44.2 Å². The molecule has 5 heteroatoms. The molecule has 1 aliphatic carbocycles. The van der Waals surface area contributed by atoms with Crippen LogP contribution in [-0.2, 0) is 9.53 Å². The number of halogens is 1. The minimum absolute atomic E-state index is 0. The topological polar surface area (TPSA) is 38.8 Å². The third kappa shape index (κ3) is 3.88. The number of hydrogen-bond acceptors (Lipinski definition) is 4. The molecule has 23 heavy (non-hydrogen) atoms. The summed E-state index contributed by atoms with van der Waals surface area (Å²) in [5, 5.41) is 0. The van der Waals surface area contributed by atoms with Gasteiger partial charge < -0.3 is 9.47 Å². The molecule has 1 aromatic carbocycles. The summed E-state index contributed by atoms with van der Waals surface area (Å²) >= 11 is 0. The van der Waals surface area contributed by atoms with E-state index in [0.717, 1.165) is 38.2 Å². The summed E-state index contributed by atoms with van der Waals surface area (Å²) < 4.78 is 10.5. The van der Waals surface area contributed by atoms with Gasteiger partial charge in [-0.15, -0.1) is 12.4 Å². The van der Waals surface area contributed by atoms with Gasteiger partial charge in [0.2, 0.25) is 0 Å². The van der Waals surface area contributed by atoms with Gasteiger partial charge in [-0.2, -0.15) is 0 Å². The molecule has 0 radical (unpaired) electrons. The Morgan fingerprint density at radius 1 is 1.39 bits per heavy atom. The lowest BCUT2D eigenvalue weighted by Gasteiger charge is -2.34. The molecule has 0 amide bonds. The van der Waals surface area contributed by atoms with E-state index in [2.05, 4.69) is 23.1 Å². The molecule has 126 valence electrons. The van der Waals surface area contributed by atoms with Crippen molar-refractivity contribution in [2.75, 3.05) is 33.4 Å². The third-order valence-electron chi connectivity index (χ3n) is 4.46. The molecule has 1 atom stereocenters. The highest BCUT2D eigenvalue weighted by atomic mass is 35.5. The summed E-state index contributed by atoms with van der Waals surface area (Å²) in [5.41, 5.74) is 3.88. The molecule has 0 saturated carbocycles. The van der Waals surface area contributed by atoms with Crippen LogP contribution in [0.5, 0.6) is 5.75 Å². The maximum atomic E-state index is 11.9. The number of carbonyl (C=O) groups is 1. The van der Waals surface area contributed by atoms with Crippen LogP contribution in [0, 0.1) is 5.92 Å². The third-order valence-corrected chi connectivity index (χ3v) is 4.46. The fourth-order valence-corrected chi connectivity index (χ4v) is 3.28. The first-order valence-electron chi connectivity index (χ1n) is 7.99. The van der Waals surface area contributed by atoms with Crippen LogP contribution in [0.4, 0.5) is 0 Å². The average molecular weight is 338 g/mol. The first-order valence-corrected chi connectivity index (χ1v) is 7.99. The van der Waals surface area contributed by atoms with Crippen molar-refractivity contribution >= 4 is 30.0 Å². The molecule has 1 aromatic rings. The van der Waals surface area contributed by atoms with Gasteiger partial charge in [-0.25, -0.2) is 0 Å². The quantitative estimate of drug-likeness (QED) is 0.773. The number of rotatable bonds is 5. The lowest BCUT2D eigenvalue weighted by molar-refractivity contribution is -0.149. The van der Waals surface area contributed by atoms with Gasteiger partial charge in [-0.05, 0) is 61.2 Å². The fraction of sp³-hybridized carbons (Fsp3) is 0.500. The van der Waals surface area contributed by atoms with Crippen LogP contribution >= 0.6 is 12.4 Å². The molecule has 1 unspecified atom stereocenters. The highest BCUT2D eigenvalue weighted by Gasteiger charge is 2.28. The number of carbonyl (C=O) groups excluding carboxylic acids is 1. The number of esters is 1.